The van der Waals surface area contributed by atoms with E-state index < -0.39 is 0 Å². The molecule has 1 heterocycles. The summed E-state index contributed by atoms with van der Waals surface area (Å²) in [4.78, 5) is 12.1. The lowest BCUT2D eigenvalue weighted by atomic mass is 9.98. The van der Waals surface area contributed by atoms with E-state index in [1.165, 1.54) is 5.56 Å². The predicted molar refractivity (Wildman–Crippen MR) is 76.3 cm³/mol. The number of ketones is 1. The van der Waals surface area contributed by atoms with Gasteiger partial charge in [0.25, 0.3) is 0 Å². The highest BCUT2D eigenvalue weighted by atomic mass is 16.1. The van der Waals surface area contributed by atoms with Gasteiger partial charge in [-0.25, -0.2) is 0 Å². The molecule has 1 aromatic carbocycles. The quantitative estimate of drug-likeness (QED) is 0.784. The Morgan fingerprint density at radius 2 is 2.11 bits per heavy atom. The third-order valence-corrected chi connectivity index (χ3v) is 3.70. The van der Waals surface area contributed by atoms with Crippen molar-refractivity contribution in [3.8, 4) is 6.07 Å². The second kappa shape index (κ2) is 4.89. The van der Waals surface area contributed by atoms with Crippen LogP contribution in [0.2, 0.25) is 0 Å². The summed E-state index contributed by atoms with van der Waals surface area (Å²) < 4.78 is 2.02. The van der Waals surface area contributed by atoms with E-state index >= 15 is 0 Å². The summed E-state index contributed by atoms with van der Waals surface area (Å²) in [6.45, 7) is 6.20. The van der Waals surface area contributed by atoms with Crippen LogP contribution in [-0.4, -0.2) is 10.4 Å². The molecule has 19 heavy (non-hydrogen) atoms. The first kappa shape index (κ1) is 13.4. The molecule has 2 aromatic rings. The number of rotatable bonds is 3. The zero-order valence-electron chi connectivity index (χ0n) is 11.8. The third kappa shape index (κ3) is 2.15. The van der Waals surface area contributed by atoms with Crippen LogP contribution in [0.5, 0.6) is 0 Å². The number of aryl methyl sites for hydroxylation is 1. The number of carbonyl (C=O) groups excluding carboxylic acids is 1. The van der Waals surface area contributed by atoms with Gasteiger partial charge < -0.3 is 4.57 Å². The zero-order chi connectivity index (χ0) is 14.2. The Morgan fingerprint density at radius 3 is 2.68 bits per heavy atom. The van der Waals surface area contributed by atoms with Crippen LogP contribution >= 0.6 is 0 Å². The largest absolute Gasteiger partial charge is 0.347 e. The van der Waals surface area contributed by atoms with E-state index in [0.717, 1.165) is 16.6 Å². The van der Waals surface area contributed by atoms with E-state index in [-0.39, 0.29) is 12.2 Å². The lowest BCUT2D eigenvalue weighted by Crippen LogP contribution is -2.00. The normalized spacial score (nSPS) is 10.9. The Morgan fingerprint density at radius 1 is 1.42 bits per heavy atom. The Bertz CT molecular complexity index is 687. The molecule has 0 spiro atoms. The molecular formula is C16H18N2O. The third-order valence-electron chi connectivity index (χ3n) is 3.70. The van der Waals surface area contributed by atoms with Crippen molar-refractivity contribution in [2.75, 3.05) is 0 Å². The van der Waals surface area contributed by atoms with Crippen molar-refractivity contribution >= 4 is 16.7 Å². The Hall–Kier alpha value is -2.08. The predicted octanol–water partition coefficient (Wildman–Crippen LogP) is 3.71. The molecule has 0 aliphatic carbocycles. The molecule has 98 valence electrons. The van der Waals surface area contributed by atoms with E-state index in [4.69, 9.17) is 5.26 Å². The number of carbonyl (C=O) groups is 1. The summed E-state index contributed by atoms with van der Waals surface area (Å²) in [5.74, 6) is 0.329. The Labute approximate surface area is 113 Å². The van der Waals surface area contributed by atoms with Gasteiger partial charge in [0, 0.05) is 29.2 Å². The zero-order valence-corrected chi connectivity index (χ0v) is 11.8. The van der Waals surface area contributed by atoms with Crippen molar-refractivity contribution in [2.24, 2.45) is 7.05 Å². The van der Waals surface area contributed by atoms with Crippen molar-refractivity contribution in [1.82, 2.24) is 4.57 Å². The van der Waals surface area contributed by atoms with Gasteiger partial charge in [-0.05, 0) is 30.5 Å². The molecule has 1 aromatic heterocycles. The van der Waals surface area contributed by atoms with E-state index in [1.54, 1.807) is 0 Å². The summed E-state index contributed by atoms with van der Waals surface area (Å²) in [5.41, 5.74) is 3.88. The maximum absolute atomic E-state index is 12.1. The minimum Gasteiger partial charge on any atom is -0.347 e. The number of fused-ring (bicyclic) bond motifs is 1. The molecule has 0 saturated heterocycles. The maximum atomic E-state index is 12.1. The van der Waals surface area contributed by atoms with Crippen molar-refractivity contribution in [3.63, 3.8) is 0 Å². The molecule has 0 bridgehead atoms. The van der Waals surface area contributed by atoms with Crippen LogP contribution in [-0.2, 0) is 7.05 Å². The molecule has 0 N–H and O–H groups in total. The first-order chi connectivity index (χ1) is 8.97. The van der Waals surface area contributed by atoms with Crippen LogP contribution in [0.3, 0.4) is 0 Å². The number of nitriles is 1. The number of aromatic nitrogens is 1. The summed E-state index contributed by atoms with van der Waals surface area (Å²) in [6.07, 6.45) is -0.0636. The second-order valence-electron chi connectivity index (χ2n) is 5.21. The summed E-state index contributed by atoms with van der Waals surface area (Å²) >= 11 is 0. The minimum absolute atomic E-state index is 0.0636. The molecule has 3 nitrogen and oxygen atoms in total. The molecule has 0 atom stereocenters. The first-order valence-electron chi connectivity index (χ1n) is 6.46. The maximum Gasteiger partial charge on any atom is 0.179 e. The van der Waals surface area contributed by atoms with Crippen molar-refractivity contribution in [1.29, 1.82) is 5.26 Å². The highest BCUT2D eigenvalue weighted by Crippen LogP contribution is 2.29. The van der Waals surface area contributed by atoms with Gasteiger partial charge in [0.05, 0.1) is 12.5 Å². The van der Waals surface area contributed by atoms with Gasteiger partial charge in [-0.2, -0.15) is 5.26 Å². The molecule has 0 unspecified atom stereocenters. The van der Waals surface area contributed by atoms with Crippen molar-refractivity contribution in [3.05, 3.63) is 35.0 Å². The van der Waals surface area contributed by atoms with Crippen molar-refractivity contribution in [2.45, 2.75) is 33.1 Å². The van der Waals surface area contributed by atoms with Crippen LogP contribution in [0.4, 0.5) is 0 Å². The number of hydrogen-bond acceptors (Lipinski definition) is 2. The van der Waals surface area contributed by atoms with Gasteiger partial charge in [-0.3, -0.25) is 4.79 Å². The summed E-state index contributed by atoms with van der Waals surface area (Å²) in [5, 5.41) is 9.70. The SMILES string of the molecule is Cc1c(C(=O)CC#N)c2cc(C(C)C)ccc2n1C. The number of hydrogen-bond donors (Lipinski definition) is 0. The molecule has 3 heteroatoms. The summed E-state index contributed by atoms with van der Waals surface area (Å²) in [6, 6.07) is 8.19. The Kier molecular flexibility index (Phi) is 3.44. The van der Waals surface area contributed by atoms with Crippen LogP contribution in [0, 0.1) is 18.3 Å². The Balaban J connectivity index is 2.74. The van der Waals surface area contributed by atoms with Crippen LogP contribution in [0.15, 0.2) is 18.2 Å². The van der Waals surface area contributed by atoms with Gasteiger partial charge in [0.15, 0.2) is 5.78 Å². The lowest BCUT2D eigenvalue weighted by Gasteiger charge is -2.06. The lowest BCUT2D eigenvalue weighted by molar-refractivity contribution is 0.0998. The minimum atomic E-state index is -0.0912. The fraction of sp³-hybridized carbons (Fsp3) is 0.375. The molecule has 0 radical (unpaired) electrons. The molecule has 2 rings (SSSR count). The average Bonchev–Trinajstić information content (AvgIpc) is 2.62. The molecule has 0 saturated carbocycles. The molecular weight excluding hydrogens is 236 g/mol. The van der Waals surface area contributed by atoms with Crippen LogP contribution < -0.4 is 0 Å². The first-order valence-corrected chi connectivity index (χ1v) is 6.46. The number of nitrogens with zero attached hydrogens (tertiary/aromatic N) is 2. The van der Waals surface area contributed by atoms with E-state index in [2.05, 4.69) is 32.0 Å². The standard InChI is InChI=1S/C16H18N2O/c1-10(2)12-5-6-14-13(9-12)16(11(3)18(14)4)15(19)7-8-17/h5-6,9-10H,7H2,1-4H3. The van der Waals surface area contributed by atoms with Crippen LogP contribution in [0.25, 0.3) is 10.9 Å². The highest BCUT2D eigenvalue weighted by molar-refractivity contribution is 6.10. The topological polar surface area (TPSA) is 45.8 Å². The molecule has 0 amide bonds. The second-order valence-corrected chi connectivity index (χ2v) is 5.21. The fourth-order valence-corrected chi connectivity index (χ4v) is 2.46. The fourth-order valence-electron chi connectivity index (χ4n) is 2.46. The van der Waals surface area contributed by atoms with Gasteiger partial charge in [0.1, 0.15) is 0 Å². The average molecular weight is 254 g/mol. The van der Waals surface area contributed by atoms with Crippen LogP contribution in [0.1, 0.15) is 47.8 Å². The van der Waals surface area contributed by atoms with E-state index in [0.29, 0.717) is 11.5 Å². The smallest absolute Gasteiger partial charge is 0.179 e. The summed E-state index contributed by atoms with van der Waals surface area (Å²) in [7, 11) is 1.95. The van der Waals surface area contributed by atoms with Gasteiger partial charge >= 0.3 is 0 Å². The van der Waals surface area contributed by atoms with Gasteiger partial charge in [-0.15, -0.1) is 0 Å². The number of benzene rings is 1. The van der Waals surface area contributed by atoms with E-state index in [9.17, 15) is 4.79 Å². The monoisotopic (exact) mass is 254 g/mol. The molecule has 0 aliphatic heterocycles. The van der Waals surface area contributed by atoms with Crippen molar-refractivity contribution < 1.29 is 4.79 Å². The van der Waals surface area contributed by atoms with E-state index in [1.807, 2.05) is 24.6 Å². The molecule has 0 fully saturated rings. The number of Topliss-reactive ketones (excluding diaryl/α,β-unsaturated/α-hetero) is 1. The van der Waals surface area contributed by atoms with Gasteiger partial charge in [0.2, 0.25) is 0 Å². The van der Waals surface area contributed by atoms with Gasteiger partial charge in [-0.1, -0.05) is 19.9 Å². The highest BCUT2D eigenvalue weighted by Gasteiger charge is 2.18. The molecule has 0 aliphatic rings.